The first kappa shape index (κ1) is 13.1. The van der Waals surface area contributed by atoms with E-state index in [1.165, 1.54) is 18.4 Å². The predicted octanol–water partition coefficient (Wildman–Crippen LogP) is 3.80. The summed E-state index contributed by atoms with van der Waals surface area (Å²) < 4.78 is 10.2. The normalized spacial score (nSPS) is 10.6. The molecule has 0 radical (unpaired) electrons. The summed E-state index contributed by atoms with van der Waals surface area (Å²) in [7, 11) is 1.32. The molecule has 0 aliphatic carbocycles. The lowest BCUT2D eigenvalue weighted by Crippen LogP contribution is -2.03. The molecule has 2 aromatic heterocycles. The number of rotatable bonds is 4. The number of hydrogen-bond acceptors (Lipinski definition) is 5. The van der Waals surface area contributed by atoms with E-state index in [0.717, 1.165) is 11.3 Å². The Balaban J connectivity index is 2.45. The number of methoxy groups -OCH3 is 1. The molecule has 0 atom stereocenters. The molecule has 0 aliphatic rings. The fourth-order valence-electron chi connectivity index (χ4n) is 1.55. The number of aromatic nitrogens is 1. The summed E-state index contributed by atoms with van der Waals surface area (Å²) >= 11 is 7.44. The zero-order valence-corrected chi connectivity index (χ0v) is 11.6. The van der Waals surface area contributed by atoms with Crippen molar-refractivity contribution in [2.24, 2.45) is 0 Å². The van der Waals surface area contributed by atoms with Gasteiger partial charge in [0.2, 0.25) is 11.7 Å². The Kier molecular flexibility index (Phi) is 4.04. The summed E-state index contributed by atoms with van der Waals surface area (Å²) in [5.74, 6) is 0.0301. The van der Waals surface area contributed by atoms with Crippen LogP contribution in [0.15, 0.2) is 15.9 Å². The maximum absolute atomic E-state index is 11.6. The van der Waals surface area contributed by atoms with Crippen molar-refractivity contribution in [2.45, 2.75) is 19.8 Å². The number of carbonyl (C=O) groups is 1. The van der Waals surface area contributed by atoms with Gasteiger partial charge in [-0.15, -0.1) is 11.3 Å². The minimum absolute atomic E-state index is 0.166. The second-order valence-corrected chi connectivity index (χ2v) is 4.96. The van der Waals surface area contributed by atoms with E-state index in [9.17, 15) is 4.79 Å². The SMILES string of the molecule is CCCc1nc(-c2sccc2Cl)oc1C(=O)OC. The number of hydrogen-bond donors (Lipinski definition) is 0. The van der Waals surface area contributed by atoms with Crippen LogP contribution < -0.4 is 0 Å². The van der Waals surface area contributed by atoms with Crippen molar-refractivity contribution in [1.29, 1.82) is 0 Å². The van der Waals surface area contributed by atoms with Crippen LogP contribution in [-0.4, -0.2) is 18.1 Å². The average Bonchev–Trinajstić information content (AvgIpc) is 2.95. The van der Waals surface area contributed by atoms with Crippen LogP contribution in [0.5, 0.6) is 0 Å². The number of thiophene rings is 1. The van der Waals surface area contributed by atoms with Gasteiger partial charge < -0.3 is 9.15 Å². The standard InChI is InChI=1S/C12H12ClNO3S/c1-3-4-8-9(12(15)16-2)17-11(14-8)10-7(13)5-6-18-10/h5-6H,3-4H2,1-2H3. The topological polar surface area (TPSA) is 52.3 Å². The first-order chi connectivity index (χ1) is 8.67. The Labute approximate surface area is 114 Å². The van der Waals surface area contributed by atoms with Crippen molar-refractivity contribution in [3.63, 3.8) is 0 Å². The molecule has 0 N–H and O–H groups in total. The summed E-state index contributed by atoms with van der Waals surface area (Å²) in [6.45, 7) is 2.01. The van der Waals surface area contributed by atoms with E-state index in [1.54, 1.807) is 6.07 Å². The molecule has 0 spiro atoms. The molecule has 0 unspecified atom stereocenters. The van der Waals surface area contributed by atoms with Crippen LogP contribution in [0.3, 0.4) is 0 Å². The molecular weight excluding hydrogens is 274 g/mol. The molecule has 0 amide bonds. The molecule has 0 aromatic carbocycles. The zero-order valence-electron chi connectivity index (χ0n) is 10.0. The van der Waals surface area contributed by atoms with Crippen molar-refractivity contribution in [2.75, 3.05) is 7.11 Å². The Bertz CT molecular complexity index is 561. The summed E-state index contributed by atoms with van der Waals surface area (Å²) in [4.78, 5) is 16.6. The summed E-state index contributed by atoms with van der Waals surface area (Å²) in [6, 6.07) is 1.77. The van der Waals surface area contributed by atoms with E-state index >= 15 is 0 Å². The number of oxazole rings is 1. The van der Waals surface area contributed by atoms with Gasteiger partial charge in [0.05, 0.1) is 17.8 Å². The second-order valence-electron chi connectivity index (χ2n) is 3.63. The summed E-state index contributed by atoms with van der Waals surface area (Å²) in [5.41, 5.74) is 0.615. The molecule has 0 bridgehead atoms. The number of aryl methyl sites for hydroxylation is 1. The van der Waals surface area contributed by atoms with Crippen LogP contribution in [0.1, 0.15) is 29.6 Å². The molecule has 0 aliphatic heterocycles. The van der Waals surface area contributed by atoms with Gasteiger partial charge in [-0.1, -0.05) is 24.9 Å². The largest absolute Gasteiger partial charge is 0.463 e. The minimum Gasteiger partial charge on any atom is -0.463 e. The maximum Gasteiger partial charge on any atom is 0.376 e. The van der Waals surface area contributed by atoms with Crippen LogP contribution in [0, 0.1) is 0 Å². The van der Waals surface area contributed by atoms with E-state index in [0.29, 0.717) is 23.0 Å². The number of esters is 1. The number of nitrogens with zero attached hydrogens (tertiary/aromatic N) is 1. The maximum atomic E-state index is 11.6. The van der Waals surface area contributed by atoms with E-state index in [2.05, 4.69) is 9.72 Å². The smallest absolute Gasteiger partial charge is 0.376 e. The van der Waals surface area contributed by atoms with Crippen LogP contribution in [-0.2, 0) is 11.2 Å². The highest BCUT2D eigenvalue weighted by Gasteiger charge is 2.22. The summed E-state index contributed by atoms with van der Waals surface area (Å²) in [6.07, 6.45) is 1.53. The van der Waals surface area contributed by atoms with Crippen molar-refractivity contribution in [3.8, 4) is 10.8 Å². The van der Waals surface area contributed by atoms with Gasteiger partial charge in [-0.3, -0.25) is 0 Å². The van der Waals surface area contributed by atoms with E-state index < -0.39 is 5.97 Å². The third kappa shape index (κ3) is 2.42. The van der Waals surface area contributed by atoms with Crippen LogP contribution in [0.2, 0.25) is 5.02 Å². The molecule has 2 heterocycles. The Morgan fingerprint density at radius 1 is 1.61 bits per heavy atom. The molecule has 0 saturated carbocycles. The molecule has 0 saturated heterocycles. The Morgan fingerprint density at radius 2 is 2.39 bits per heavy atom. The lowest BCUT2D eigenvalue weighted by molar-refractivity contribution is 0.0564. The third-order valence-electron chi connectivity index (χ3n) is 2.37. The first-order valence-corrected chi connectivity index (χ1v) is 6.74. The minimum atomic E-state index is -0.509. The number of halogens is 1. The molecule has 6 heteroatoms. The average molecular weight is 286 g/mol. The van der Waals surface area contributed by atoms with Gasteiger partial charge in [-0.25, -0.2) is 9.78 Å². The fraction of sp³-hybridized carbons (Fsp3) is 0.333. The number of ether oxygens (including phenoxy) is 1. The van der Waals surface area contributed by atoms with Gasteiger partial charge in [0.15, 0.2) is 0 Å². The quantitative estimate of drug-likeness (QED) is 0.802. The molecule has 96 valence electrons. The highest BCUT2D eigenvalue weighted by Crippen LogP contribution is 2.34. The van der Waals surface area contributed by atoms with E-state index in [4.69, 9.17) is 16.0 Å². The molecule has 0 fully saturated rings. The van der Waals surface area contributed by atoms with Gasteiger partial charge in [0, 0.05) is 0 Å². The zero-order chi connectivity index (χ0) is 13.1. The highest BCUT2D eigenvalue weighted by atomic mass is 35.5. The third-order valence-corrected chi connectivity index (χ3v) is 3.70. The lowest BCUT2D eigenvalue weighted by atomic mass is 10.2. The summed E-state index contributed by atoms with van der Waals surface area (Å²) in [5, 5.41) is 2.42. The molecule has 18 heavy (non-hydrogen) atoms. The number of carbonyl (C=O) groups excluding carboxylic acids is 1. The van der Waals surface area contributed by atoms with Crippen molar-refractivity contribution in [3.05, 3.63) is 27.9 Å². The highest BCUT2D eigenvalue weighted by molar-refractivity contribution is 7.14. The van der Waals surface area contributed by atoms with E-state index in [1.807, 2.05) is 12.3 Å². The van der Waals surface area contributed by atoms with Crippen LogP contribution in [0.4, 0.5) is 0 Å². The predicted molar refractivity (Wildman–Crippen MR) is 70.2 cm³/mol. The van der Waals surface area contributed by atoms with Gasteiger partial charge in [-0.05, 0) is 17.9 Å². The fourth-order valence-corrected chi connectivity index (χ4v) is 2.61. The van der Waals surface area contributed by atoms with Crippen molar-refractivity contribution in [1.82, 2.24) is 4.98 Å². The van der Waals surface area contributed by atoms with Crippen molar-refractivity contribution < 1.29 is 13.9 Å². The van der Waals surface area contributed by atoms with E-state index in [-0.39, 0.29) is 5.76 Å². The Hall–Kier alpha value is -1.33. The molecule has 2 rings (SSSR count). The molecular formula is C12H12ClNO3S. The van der Waals surface area contributed by atoms with Gasteiger partial charge in [0.25, 0.3) is 0 Å². The van der Waals surface area contributed by atoms with Crippen LogP contribution in [0.25, 0.3) is 10.8 Å². The lowest BCUT2D eigenvalue weighted by Gasteiger charge is -1.96. The second kappa shape index (κ2) is 5.54. The van der Waals surface area contributed by atoms with Crippen LogP contribution >= 0.6 is 22.9 Å². The molecule has 4 nitrogen and oxygen atoms in total. The monoisotopic (exact) mass is 285 g/mol. The molecule has 2 aromatic rings. The first-order valence-electron chi connectivity index (χ1n) is 5.48. The van der Waals surface area contributed by atoms with Gasteiger partial charge in [0.1, 0.15) is 4.88 Å². The van der Waals surface area contributed by atoms with Crippen molar-refractivity contribution >= 4 is 28.9 Å². The Morgan fingerprint density at radius 3 is 2.94 bits per heavy atom. The van der Waals surface area contributed by atoms with Gasteiger partial charge in [-0.2, -0.15) is 0 Å². The van der Waals surface area contributed by atoms with Gasteiger partial charge >= 0.3 is 5.97 Å².